The highest BCUT2D eigenvalue weighted by atomic mass is 16.5. The van der Waals surface area contributed by atoms with E-state index in [2.05, 4.69) is 15.7 Å². The molecule has 3 atom stereocenters. The Kier molecular flexibility index (Phi) is 2.97. The van der Waals surface area contributed by atoms with Crippen LogP contribution in [0.2, 0.25) is 0 Å². The lowest BCUT2D eigenvalue weighted by atomic mass is 10.2. The van der Waals surface area contributed by atoms with E-state index in [1.807, 2.05) is 25.6 Å². The number of hydrogen-bond acceptors (Lipinski definition) is 3. The topological polar surface area (TPSA) is 68.2 Å². The highest BCUT2D eigenvalue weighted by Crippen LogP contribution is 2.43. The largest absolute Gasteiger partial charge is 0.381 e. The zero-order valence-corrected chi connectivity index (χ0v) is 11.6. The van der Waals surface area contributed by atoms with Crippen LogP contribution in [-0.4, -0.2) is 35.1 Å². The minimum atomic E-state index is -0.0953. The molecule has 1 saturated carbocycles. The van der Waals surface area contributed by atoms with Gasteiger partial charge in [0.15, 0.2) is 0 Å². The molecule has 1 aliphatic heterocycles. The van der Waals surface area contributed by atoms with E-state index in [0.29, 0.717) is 24.4 Å². The van der Waals surface area contributed by atoms with Crippen LogP contribution < -0.4 is 10.6 Å². The monoisotopic (exact) mass is 264 g/mol. The van der Waals surface area contributed by atoms with Gasteiger partial charge >= 0.3 is 6.03 Å². The van der Waals surface area contributed by atoms with Gasteiger partial charge in [-0.05, 0) is 13.8 Å². The number of fused-ring (bicyclic) bond motifs is 1. The second-order valence-corrected chi connectivity index (χ2v) is 5.49. The summed E-state index contributed by atoms with van der Waals surface area (Å²) in [5.74, 6) is 1.07. The highest BCUT2D eigenvalue weighted by Gasteiger charge is 2.54. The van der Waals surface area contributed by atoms with Crippen LogP contribution in [0.3, 0.4) is 0 Å². The van der Waals surface area contributed by atoms with Crippen molar-refractivity contribution in [2.45, 2.75) is 26.4 Å². The Morgan fingerprint density at radius 1 is 1.42 bits per heavy atom. The molecule has 2 amide bonds. The van der Waals surface area contributed by atoms with Gasteiger partial charge in [0.2, 0.25) is 0 Å². The van der Waals surface area contributed by atoms with E-state index in [0.717, 1.165) is 30.2 Å². The number of urea groups is 1. The minimum absolute atomic E-state index is 0.0953. The maximum atomic E-state index is 11.8. The molecule has 6 nitrogen and oxygen atoms in total. The fourth-order valence-corrected chi connectivity index (χ4v) is 2.90. The van der Waals surface area contributed by atoms with Crippen LogP contribution in [0, 0.1) is 25.7 Å². The molecule has 0 radical (unpaired) electrons. The first-order valence-corrected chi connectivity index (χ1v) is 6.69. The average molecular weight is 264 g/mol. The molecule has 1 aromatic heterocycles. The molecule has 2 N–H and O–H groups in total. The highest BCUT2D eigenvalue weighted by molar-refractivity contribution is 5.74. The standard InChI is InChI=1S/C13H20N4O2/c1-7-9(8(2)17(3)16-7)4-14-13(18)15-12-10-5-19-6-11(10)12/h10-12H,4-6H2,1-3H3,(H2,14,15,18)/t10-,11+,12?. The number of hydrogen-bond donors (Lipinski definition) is 2. The van der Waals surface area contributed by atoms with Gasteiger partial charge in [-0.15, -0.1) is 0 Å². The van der Waals surface area contributed by atoms with Crippen molar-refractivity contribution < 1.29 is 9.53 Å². The number of carbonyl (C=O) groups is 1. The second-order valence-electron chi connectivity index (χ2n) is 5.49. The van der Waals surface area contributed by atoms with Crippen molar-refractivity contribution in [1.29, 1.82) is 0 Å². The van der Waals surface area contributed by atoms with Gasteiger partial charge in [0, 0.05) is 42.7 Å². The summed E-state index contributed by atoms with van der Waals surface area (Å²) in [7, 11) is 1.91. The number of amides is 2. The molecular formula is C13H20N4O2. The van der Waals surface area contributed by atoms with Crippen molar-refractivity contribution in [3.05, 3.63) is 17.0 Å². The predicted molar refractivity (Wildman–Crippen MR) is 69.6 cm³/mol. The van der Waals surface area contributed by atoms with E-state index < -0.39 is 0 Å². The SMILES string of the molecule is Cc1nn(C)c(C)c1CNC(=O)NC1[C@H]2COC[C@@H]12. The molecular weight excluding hydrogens is 244 g/mol. The summed E-state index contributed by atoms with van der Waals surface area (Å²) in [4.78, 5) is 11.8. The van der Waals surface area contributed by atoms with E-state index in [4.69, 9.17) is 4.74 Å². The summed E-state index contributed by atoms with van der Waals surface area (Å²) < 4.78 is 7.14. The molecule has 6 heteroatoms. The molecule has 0 spiro atoms. The molecule has 1 aliphatic carbocycles. The van der Waals surface area contributed by atoms with E-state index in [1.54, 1.807) is 0 Å². The van der Waals surface area contributed by atoms with Crippen molar-refractivity contribution in [2.75, 3.05) is 13.2 Å². The third kappa shape index (κ3) is 2.20. The van der Waals surface area contributed by atoms with Crippen molar-refractivity contribution in [3.63, 3.8) is 0 Å². The first kappa shape index (κ1) is 12.5. The second kappa shape index (κ2) is 4.52. The first-order valence-electron chi connectivity index (χ1n) is 6.69. The summed E-state index contributed by atoms with van der Waals surface area (Å²) in [6.07, 6.45) is 0. The Morgan fingerprint density at radius 2 is 2.11 bits per heavy atom. The molecule has 0 aromatic carbocycles. The Bertz CT molecular complexity index is 501. The lowest BCUT2D eigenvalue weighted by Crippen LogP contribution is -2.38. The van der Waals surface area contributed by atoms with Crippen molar-refractivity contribution in [3.8, 4) is 0 Å². The van der Waals surface area contributed by atoms with Crippen molar-refractivity contribution >= 4 is 6.03 Å². The number of aromatic nitrogens is 2. The summed E-state index contributed by atoms with van der Waals surface area (Å²) >= 11 is 0. The average Bonchev–Trinajstić information content (AvgIpc) is 2.74. The number of nitrogens with one attached hydrogen (secondary N) is 2. The van der Waals surface area contributed by atoms with Gasteiger partial charge in [0.25, 0.3) is 0 Å². The lowest BCUT2D eigenvalue weighted by molar-refractivity contribution is 0.156. The first-order chi connectivity index (χ1) is 9.08. The van der Waals surface area contributed by atoms with Gasteiger partial charge < -0.3 is 15.4 Å². The van der Waals surface area contributed by atoms with Crippen LogP contribution in [0.25, 0.3) is 0 Å². The normalized spacial score (nSPS) is 28.1. The van der Waals surface area contributed by atoms with Gasteiger partial charge in [-0.2, -0.15) is 5.10 Å². The molecule has 3 rings (SSSR count). The van der Waals surface area contributed by atoms with Crippen LogP contribution in [0.4, 0.5) is 4.79 Å². The zero-order valence-electron chi connectivity index (χ0n) is 11.6. The molecule has 2 heterocycles. The maximum absolute atomic E-state index is 11.8. The molecule has 2 fully saturated rings. The maximum Gasteiger partial charge on any atom is 0.315 e. The molecule has 0 bridgehead atoms. The van der Waals surface area contributed by atoms with Gasteiger partial charge in [-0.3, -0.25) is 4.68 Å². The molecule has 104 valence electrons. The molecule has 19 heavy (non-hydrogen) atoms. The number of ether oxygens (including phenoxy) is 1. The fraction of sp³-hybridized carbons (Fsp3) is 0.692. The van der Waals surface area contributed by atoms with Crippen molar-refractivity contribution in [1.82, 2.24) is 20.4 Å². The van der Waals surface area contributed by atoms with E-state index in [-0.39, 0.29) is 6.03 Å². The number of carbonyl (C=O) groups excluding carboxylic acids is 1. The van der Waals surface area contributed by atoms with Crippen LogP contribution >= 0.6 is 0 Å². The van der Waals surface area contributed by atoms with Crippen LogP contribution in [0.1, 0.15) is 17.0 Å². The number of rotatable bonds is 3. The smallest absolute Gasteiger partial charge is 0.315 e. The molecule has 1 aromatic rings. The summed E-state index contributed by atoms with van der Waals surface area (Å²) in [6, 6.07) is 0.215. The van der Waals surface area contributed by atoms with E-state index in [1.165, 1.54) is 0 Å². The van der Waals surface area contributed by atoms with E-state index >= 15 is 0 Å². The predicted octanol–water partition coefficient (Wildman–Crippen LogP) is 0.481. The fourth-order valence-electron chi connectivity index (χ4n) is 2.90. The van der Waals surface area contributed by atoms with Crippen LogP contribution in [0.15, 0.2) is 0 Å². The zero-order chi connectivity index (χ0) is 13.6. The lowest BCUT2D eigenvalue weighted by Gasteiger charge is -2.09. The Morgan fingerprint density at radius 3 is 2.68 bits per heavy atom. The van der Waals surface area contributed by atoms with Crippen LogP contribution in [-0.2, 0) is 18.3 Å². The van der Waals surface area contributed by atoms with E-state index in [9.17, 15) is 4.79 Å². The van der Waals surface area contributed by atoms with Gasteiger partial charge in [-0.1, -0.05) is 0 Å². The summed E-state index contributed by atoms with van der Waals surface area (Å²) in [5, 5.41) is 10.3. The number of aryl methyl sites for hydroxylation is 2. The third-order valence-electron chi connectivity index (χ3n) is 4.33. The number of nitrogens with zero attached hydrogens (tertiary/aromatic N) is 2. The van der Waals surface area contributed by atoms with Gasteiger partial charge in [0.1, 0.15) is 0 Å². The summed E-state index contributed by atoms with van der Waals surface area (Å²) in [5.41, 5.74) is 3.16. The Hall–Kier alpha value is -1.56. The summed E-state index contributed by atoms with van der Waals surface area (Å²) in [6.45, 7) is 6.07. The van der Waals surface area contributed by atoms with Crippen molar-refractivity contribution in [2.24, 2.45) is 18.9 Å². The van der Waals surface area contributed by atoms with Gasteiger partial charge in [0.05, 0.1) is 18.9 Å². The van der Waals surface area contributed by atoms with Crippen LogP contribution in [0.5, 0.6) is 0 Å². The minimum Gasteiger partial charge on any atom is -0.381 e. The Balaban J connectivity index is 1.50. The quantitative estimate of drug-likeness (QED) is 0.834. The molecule has 1 saturated heterocycles. The molecule has 1 unspecified atom stereocenters. The molecule has 2 aliphatic rings. The van der Waals surface area contributed by atoms with Gasteiger partial charge in [-0.25, -0.2) is 4.79 Å². The third-order valence-corrected chi connectivity index (χ3v) is 4.33. The Labute approximate surface area is 112 Å².